The maximum Gasteiger partial charge on any atom is 0.191 e. The van der Waals surface area contributed by atoms with E-state index in [1.165, 1.54) is 18.4 Å². The summed E-state index contributed by atoms with van der Waals surface area (Å²) < 4.78 is 36.5. The fourth-order valence-electron chi connectivity index (χ4n) is 2.66. The van der Waals surface area contributed by atoms with Gasteiger partial charge < -0.3 is 10.6 Å². The molecule has 0 radical (unpaired) electrons. The zero-order valence-corrected chi connectivity index (χ0v) is 18.8. The molecule has 2 rings (SSSR count). The number of nitrogens with zero attached hydrogens (tertiary/aromatic N) is 1. The Kier molecular flexibility index (Phi) is 9.17. The lowest BCUT2D eigenvalue weighted by atomic mass is 10.1. The van der Waals surface area contributed by atoms with Gasteiger partial charge >= 0.3 is 0 Å². The van der Waals surface area contributed by atoms with Crippen LogP contribution in [0.25, 0.3) is 0 Å². The highest BCUT2D eigenvalue weighted by atomic mass is 127. The van der Waals surface area contributed by atoms with Crippen molar-refractivity contribution in [3.8, 4) is 0 Å². The van der Waals surface area contributed by atoms with Gasteiger partial charge in [0.1, 0.15) is 5.82 Å². The number of sulfone groups is 1. The smallest absolute Gasteiger partial charge is 0.191 e. The number of rotatable bonds is 6. The molecule has 0 aliphatic heterocycles. The monoisotopic (exact) mass is 505 g/mol. The summed E-state index contributed by atoms with van der Waals surface area (Å²) in [5, 5.41) is 6.36. The third-order valence-corrected chi connectivity index (χ3v) is 5.17. The predicted molar refractivity (Wildman–Crippen MR) is 118 cm³/mol. The first-order valence-electron chi connectivity index (χ1n) is 8.28. The lowest BCUT2D eigenvalue weighted by molar-refractivity contribution is 0.601. The van der Waals surface area contributed by atoms with Crippen LogP contribution < -0.4 is 10.6 Å². The Morgan fingerprint density at radius 3 is 2.44 bits per heavy atom. The number of aryl methyl sites for hydroxylation is 1. The number of hydrogen-bond donors (Lipinski definition) is 2. The summed E-state index contributed by atoms with van der Waals surface area (Å²) in [6, 6.07) is 11.8. The van der Waals surface area contributed by atoms with E-state index in [1.54, 1.807) is 32.2 Å². The maximum absolute atomic E-state index is 13.2. The van der Waals surface area contributed by atoms with Crippen molar-refractivity contribution >= 4 is 39.8 Å². The Balaban J connectivity index is 0.00000364. The van der Waals surface area contributed by atoms with E-state index >= 15 is 0 Å². The van der Waals surface area contributed by atoms with E-state index in [0.717, 1.165) is 16.7 Å². The second kappa shape index (κ2) is 10.6. The Morgan fingerprint density at radius 2 is 1.85 bits per heavy atom. The molecule has 0 aliphatic rings. The Morgan fingerprint density at radius 1 is 1.11 bits per heavy atom. The summed E-state index contributed by atoms with van der Waals surface area (Å²) in [4.78, 5) is 4.50. The molecule has 0 fully saturated rings. The molecule has 0 amide bonds. The number of guanidine groups is 1. The molecule has 0 spiro atoms. The van der Waals surface area contributed by atoms with Crippen molar-refractivity contribution in [3.63, 3.8) is 0 Å². The average molecular weight is 505 g/mol. The van der Waals surface area contributed by atoms with Crippen molar-refractivity contribution in [2.75, 3.05) is 19.8 Å². The molecule has 0 aliphatic carbocycles. The van der Waals surface area contributed by atoms with Gasteiger partial charge in [-0.15, -0.1) is 24.0 Å². The SMILES string of the molecule is CN=C(NCCc1cccc(F)c1)NCc1ccc(S(C)(=O)=O)c(C)c1.I. The summed E-state index contributed by atoms with van der Waals surface area (Å²) in [6.07, 6.45) is 1.89. The van der Waals surface area contributed by atoms with Gasteiger partial charge in [-0.05, 0) is 48.2 Å². The molecular weight excluding hydrogens is 480 g/mol. The van der Waals surface area contributed by atoms with Crippen LogP contribution in [0.5, 0.6) is 0 Å². The first-order chi connectivity index (χ1) is 12.3. The molecular formula is C19H25FIN3O2S. The van der Waals surface area contributed by atoms with Crippen LogP contribution >= 0.6 is 24.0 Å². The standard InChI is InChI=1S/C19H24FN3O2S.HI/c1-14-11-16(7-8-18(14)26(3,24)25)13-23-19(21-2)22-10-9-15-5-4-6-17(20)12-15;/h4-8,11-12H,9-10,13H2,1-3H3,(H2,21,22,23);1H. The van der Waals surface area contributed by atoms with Gasteiger partial charge in [0, 0.05) is 26.4 Å². The van der Waals surface area contributed by atoms with E-state index in [9.17, 15) is 12.8 Å². The first-order valence-corrected chi connectivity index (χ1v) is 10.2. The van der Waals surface area contributed by atoms with Gasteiger partial charge in [0.05, 0.1) is 4.90 Å². The highest BCUT2D eigenvalue weighted by molar-refractivity contribution is 14.0. The van der Waals surface area contributed by atoms with Gasteiger partial charge in [-0.2, -0.15) is 0 Å². The molecule has 0 aromatic heterocycles. The molecule has 0 atom stereocenters. The summed E-state index contributed by atoms with van der Waals surface area (Å²) >= 11 is 0. The molecule has 0 heterocycles. The third-order valence-electron chi connectivity index (χ3n) is 3.92. The summed E-state index contributed by atoms with van der Waals surface area (Å²) in [5.41, 5.74) is 2.60. The van der Waals surface area contributed by atoms with Crippen LogP contribution in [0.15, 0.2) is 52.4 Å². The predicted octanol–water partition coefficient (Wildman–Crippen LogP) is 3.06. The van der Waals surface area contributed by atoms with Crippen molar-refractivity contribution in [2.24, 2.45) is 4.99 Å². The van der Waals surface area contributed by atoms with Crippen LogP contribution in [0.4, 0.5) is 4.39 Å². The Hall–Kier alpha value is -1.68. The average Bonchev–Trinajstić information content (AvgIpc) is 2.57. The van der Waals surface area contributed by atoms with Crippen LogP contribution in [0.1, 0.15) is 16.7 Å². The van der Waals surface area contributed by atoms with Crippen molar-refractivity contribution < 1.29 is 12.8 Å². The normalized spacial score (nSPS) is 11.6. The fraction of sp³-hybridized carbons (Fsp3) is 0.316. The molecule has 5 nitrogen and oxygen atoms in total. The van der Waals surface area contributed by atoms with Gasteiger partial charge in [0.2, 0.25) is 0 Å². The summed E-state index contributed by atoms with van der Waals surface area (Å²) in [7, 11) is -1.53. The van der Waals surface area contributed by atoms with E-state index in [-0.39, 0.29) is 29.8 Å². The van der Waals surface area contributed by atoms with Gasteiger partial charge in [-0.25, -0.2) is 12.8 Å². The fourth-order valence-corrected chi connectivity index (χ4v) is 3.62. The third kappa shape index (κ3) is 7.45. The minimum Gasteiger partial charge on any atom is -0.356 e. The van der Waals surface area contributed by atoms with E-state index in [4.69, 9.17) is 0 Å². The summed E-state index contributed by atoms with van der Waals surface area (Å²) in [6.45, 7) is 2.92. The van der Waals surface area contributed by atoms with Crippen LogP contribution in [0, 0.1) is 12.7 Å². The van der Waals surface area contributed by atoms with E-state index in [1.807, 2.05) is 12.1 Å². The number of aliphatic imine (C=N–C) groups is 1. The molecule has 27 heavy (non-hydrogen) atoms. The molecule has 148 valence electrons. The number of nitrogens with one attached hydrogen (secondary N) is 2. The van der Waals surface area contributed by atoms with Crippen LogP contribution in [0.2, 0.25) is 0 Å². The largest absolute Gasteiger partial charge is 0.356 e. The lowest BCUT2D eigenvalue weighted by Crippen LogP contribution is -2.37. The second-order valence-corrected chi connectivity index (χ2v) is 8.09. The van der Waals surface area contributed by atoms with Gasteiger partial charge in [-0.3, -0.25) is 4.99 Å². The van der Waals surface area contributed by atoms with Crippen LogP contribution in [-0.2, 0) is 22.8 Å². The zero-order valence-electron chi connectivity index (χ0n) is 15.6. The van der Waals surface area contributed by atoms with E-state index < -0.39 is 9.84 Å². The van der Waals surface area contributed by atoms with Crippen molar-refractivity contribution in [1.82, 2.24) is 10.6 Å². The number of hydrogen-bond acceptors (Lipinski definition) is 3. The van der Waals surface area contributed by atoms with Gasteiger partial charge in [0.25, 0.3) is 0 Å². The van der Waals surface area contributed by atoms with Crippen LogP contribution in [0.3, 0.4) is 0 Å². The zero-order chi connectivity index (χ0) is 19.2. The highest BCUT2D eigenvalue weighted by Gasteiger charge is 2.10. The molecule has 8 heteroatoms. The Bertz CT molecular complexity index is 902. The molecule has 0 saturated heterocycles. The highest BCUT2D eigenvalue weighted by Crippen LogP contribution is 2.16. The molecule has 0 saturated carbocycles. The minimum absolute atomic E-state index is 0. The van der Waals surface area contributed by atoms with Crippen molar-refractivity contribution in [1.29, 1.82) is 0 Å². The molecule has 2 aromatic rings. The van der Waals surface area contributed by atoms with Gasteiger partial charge in [-0.1, -0.05) is 24.3 Å². The number of halogens is 2. The van der Waals surface area contributed by atoms with E-state index in [0.29, 0.717) is 30.4 Å². The first kappa shape index (κ1) is 23.4. The maximum atomic E-state index is 13.2. The molecule has 0 bridgehead atoms. The molecule has 2 N–H and O–H groups in total. The topological polar surface area (TPSA) is 70.6 Å². The van der Waals surface area contributed by atoms with Gasteiger partial charge in [0.15, 0.2) is 15.8 Å². The lowest BCUT2D eigenvalue weighted by Gasteiger charge is -2.13. The number of benzene rings is 2. The van der Waals surface area contributed by atoms with Crippen molar-refractivity contribution in [3.05, 3.63) is 65.0 Å². The Labute approximate surface area is 177 Å². The van der Waals surface area contributed by atoms with Crippen LogP contribution in [-0.4, -0.2) is 34.2 Å². The quantitative estimate of drug-likeness (QED) is 0.360. The van der Waals surface area contributed by atoms with Crippen molar-refractivity contribution in [2.45, 2.75) is 24.8 Å². The minimum atomic E-state index is -3.21. The molecule has 2 aromatic carbocycles. The van der Waals surface area contributed by atoms with E-state index in [2.05, 4.69) is 15.6 Å². The molecule has 0 unspecified atom stereocenters. The summed E-state index contributed by atoms with van der Waals surface area (Å²) in [5.74, 6) is 0.393. The second-order valence-electron chi connectivity index (χ2n) is 6.10.